The van der Waals surface area contributed by atoms with Crippen molar-refractivity contribution >= 4 is 33.6 Å². The second kappa shape index (κ2) is 9.69. The van der Waals surface area contributed by atoms with E-state index in [0.29, 0.717) is 35.6 Å². The normalized spacial score (nSPS) is 18.2. The summed E-state index contributed by atoms with van der Waals surface area (Å²) in [6.07, 6.45) is -2.62. The van der Waals surface area contributed by atoms with Crippen LogP contribution in [-0.4, -0.2) is 70.9 Å². The summed E-state index contributed by atoms with van der Waals surface area (Å²) in [5.74, 6) is -0.865. The van der Waals surface area contributed by atoms with Crippen molar-refractivity contribution in [2.75, 3.05) is 32.0 Å². The number of nitrogens with one attached hydrogen (secondary N) is 2. The molecule has 178 valence electrons. The SMILES string of the molecule is CN1O[C@@H](CNCC(F)F)Cn2nc3c(c2C1=O)CN(C(=O)Nc1ccc(F)c(Br)c1)CC3. The molecule has 33 heavy (non-hydrogen) atoms. The molecule has 0 unspecified atom stereocenters. The highest BCUT2D eigenvalue weighted by molar-refractivity contribution is 9.10. The maximum atomic E-state index is 13.5. The first kappa shape index (κ1) is 23.5. The summed E-state index contributed by atoms with van der Waals surface area (Å²) in [6, 6.07) is 3.77. The molecule has 9 nitrogen and oxygen atoms in total. The van der Waals surface area contributed by atoms with Crippen molar-refractivity contribution in [1.29, 1.82) is 0 Å². The van der Waals surface area contributed by atoms with E-state index < -0.39 is 30.8 Å². The second-order valence-electron chi connectivity index (χ2n) is 7.77. The Hall–Kier alpha value is -2.64. The molecule has 2 aromatic rings. The minimum Gasteiger partial charge on any atom is -0.320 e. The molecule has 1 aromatic carbocycles. The molecule has 3 amide bonds. The molecule has 0 fully saturated rings. The van der Waals surface area contributed by atoms with Crippen LogP contribution >= 0.6 is 15.9 Å². The predicted octanol–water partition coefficient (Wildman–Crippen LogP) is 2.62. The lowest BCUT2D eigenvalue weighted by Gasteiger charge is -2.27. The summed E-state index contributed by atoms with van der Waals surface area (Å²) in [7, 11) is 1.46. The van der Waals surface area contributed by atoms with E-state index in [1.165, 1.54) is 29.9 Å². The zero-order valence-corrected chi connectivity index (χ0v) is 19.2. The van der Waals surface area contributed by atoms with Crippen molar-refractivity contribution in [1.82, 2.24) is 25.1 Å². The second-order valence-corrected chi connectivity index (χ2v) is 8.62. The molecule has 2 aliphatic rings. The number of fused-ring (bicyclic) bond motifs is 3. The van der Waals surface area contributed by atoms with E-state index in [4.69, 9.17) is 4.84 Å². The number of carbonyl (C=O) groups is 2. The number of hydrogen-bond acceptors (Lipinski definition) is 5. The van der Waals surface area contributed by atoms with Crippen LogP contribution in [0.5, 0.6) is 0 Å². The Morgan fingerprint density at radius 1 is 1.39 bits per heavy atom. The number of hydrogen-bond donors (Lipinski definition) is 2. The van der Waals surface area contributed by atoms with Gasteiger partial charge in [-0.15, -0.1) is 0 Å². The highest BCUT2D eigenvalue weighted by atomic mass is 79.9. The first-order valence-corrected chi connectivity index (χ1v) is 11.1. The molecular formula is C20H22BrF3N6O3. The fourth-order valence-electron chi connectivity index (χ4n) is 3.85. The Morgan fingerprint density at radius 3 is 2.91 bits per heavy atom. The van der Waals surface area contributed by atoms with Crippen LogP contribution in [0, 0.1) is 5.82 Å². The number of anilines is 1. The molecule has 0 aliphatic carbocycles. The standard InChI is InChI=1S/C20H22BrF3N6O3/c1-28-19(31)18-13-10-29(20(32)26-11-2-3-15(22)14(21)6-11)5-4-16(13)27-30(18)9-12(33-28)7-25-8-17(23)24/h2-3,6,12,17,25H,4-5,7-10H2,1H3,(H,26,32)/t12-/m0/s1. The highest BCUT2D eigenvalue weighted by Gasteiger charge is 2.35. The number of amides is 3. The summed E-state index contributed by atoms with van der Waals surface area (Å²) in [5, 5.41) is 11.0. The Bertz CT molecular complexity index is 1070. The largest absolute Gasteiger partial charge is 0.322 e. The van der Waals surface area contributed by atoms with Crippen LogP contribution in [0.1, 0.15) is 21.7 Å². The van der Waals surface area contributed by atoms with Gasteiger partial charge in [-0.3, -0.25) is 14.3 Å². The maximum absolute atomic E-state index is 13.5. The van der Waals surface area contributed by atoms with Gasteiger partial charge < -0.3 is 15.5 Å². The van der Waals surface area contributed by atoms with Crippen LogP contribution in [-0.2, 0) is 24.3 Å². The summed E-state index contributed by atoms with van der Waals surface area (Å²) in [6.45, 7) is 0.386. The number of halogens is 4. The fraction of sp³-hybridized carbons (Fsp3) is 0.450. The predicted molar refractivity (Wildman–Crippen MR) is 115 cm³/mol. The lowest BCUT2D eigenvalue weighted by Crippen LogP contribution is -2.40. The quantitative estimate of drug-likeness (QED) is 0.620. The molecule has 2 aliphatic heterocycles. The van der Waals surface area contributed by atoms with E-state index in [0.717, 1.165) is 5.06 Å². The van der Waals surface area contributed by atoms with Crippen molar-refractivity contribution in [3.05, 3.63) is 45.4 Å². The summed E-state index contributed by atoms with van der Waals surface area (Å²) in [5.41, 5.74) is 2.07. The molecule has 0 saturated carbocycles. The summed E-state index contributed by atoms with van der Waals surface area (Å²) < 4.78 is 40.1. The van der Waals surface area contributed by atoms with Crippen LogP contribution in [0.3, 0.4) is 0 Å². The zero-order chi connectivity index (χ0) is 23.7. The van der Waals surface area contributed by atoms with E-state index in [2.05, 4.69) is 31.7 Å². The van der Waals surface area contributed by atoms with Crippen LogP contribution in [0.4, 0.5) is 23.7 Å². The van der Waals surface area contributed by atoms with Crippen molar-refractivity contribution in [3.8, 4) is 0 Å². The lowest BCUT2D eigenvalue weighted by atomic mass is 10.1. The smallest absolute Gasteiger partial charge is 0.320 e. The van der Waals surface area contributed by atoms with Gasteiger partial charge >= 0.3 is 6.03 Å². The third-order valence-corrected chi connectivity index (χ3v) is 6.01. The highest BCUT2D eigenvalue weighted by Crippen LogP contribution is 2.27. The van der Waals surface area contributed by atoms with Crippen LogP contribution in [0.25, 0.3) is 0 Å². The molecule has 2 N–H and O–H groups in total. The van der Waals surface area contributed by atoms with Crippen molar-refractivity contribution < 1.29 is 27.6 Å². The monoisotopic (exact) mass is 530 g/mol. The number of alkyl halides is 2. The third kappa shape index (κ3) is 5.14. The van der Waals surface area contributed by atoms with Gasteiger partial charge in [0.25, 0.3) is 12.3 Å². The van der Waals surface area contributed by atoms with E-state index in [9.17, 15) is 22.8 Å². The molecule has 1 atom stereocenters. The van der Waals surface area contributed by atoms with Crippen LogP contribution < -0.4 is 10.6 Å². The lowest BCUT2D eigenvalue weighted by molar-refractivity contribution is -0.146. The van der Waals surface area contributed by atoms with Crippen molar-refractivity contribution in [3.63, 3.8) is 0 Å². The molecule has 4 rings (SSSR count). The van der Waals surface area contributed by atoms with Gasteiger partial charge in [-0.2, -0.15) is 5.10 Å². The first-order valence-electron chi connectivity index (χ1n) is 10.3. The fourth-order valence-corrected chi connectivity index (χ4v) is 4.23. The molecule has 0 bridgehead atoms. The molecule has 0 saturated heterocycles. The average Bonchev–Trinajstić information content (AvgIpc) is 3.06. The number of hydroxylamine groups is 2. The van der Waals surface area contributed by atoms with E-state index in [1.54, 1.807) is 4.90 Å². The van der Waals surface area contributed by atoms with Gasteiger partial charge in [-0.05, 0) is 34.1 Å². The van der Waals surface area contributed by atoms with Gasteiger partial charge in [0, 0.05) is 37.8 Å². The van der Waals surface area contributed by atoms with Crippen molar-refractivity contribution in [2.45, 2.75) is 32.0 Å². The summed E-state index contributed by atoms with van der Waals surface area (Å²) >= 11 is 3.09. The van der Waals surface area contributed by atoms with Gasteiger partial charge in [-0.1, -0.05) is 0 Å². The Kier molecular flexibility index (Phi) is 6.91. The minimum absolute atomic E-state index is 0.119. The molecule has 1 aromatic heterocycles. The van der Waals surface area contributed by atoms with Gasteiger partial charge in [0.2, 0.25) is 0 Å². The Balaban J connectivity index is 1.50. The zero-order valence-electron chi connectivity index (χ0n) is 17.7. The Labute approximate surface area is 195 Å². The average molecular weight is 531 g/mol. The van der Waals surface area contributed by atoms with Gasteiger partial charge in [0.1, 0.15) is 17.6 Å². The van der Waals surface area contributed by atoms with Gasteiger partial charge in [-0.25, -0.2) is 23.0 Å². The number of nitrogens with zero attached hydrogens (tertiary/aromatic N) is 4. The molecule has 13 heteroatoms. The van der Waals surface area contributed by atoms with E-state index >= 15 is 0 Å². The number of carbonyl (C=O) groups excluding carboxylic acids is 2. The number of rotatable bonds is 5. The van der Waals surface area contributed by atoms with Crippen LogP contribution in [0.15, 0.2) is 22.7 Å². The number of benzene rings is 1. The van der Waals surface area contributed by atoms with Crippen molar-refractivity contribution in [2.24, 2.45) is 0 Å². The third-order valence-electron chi connectivity index (χ3n) is 5.40. The molecular weight excluding hydrogens is 509 g/mol. The summed E-state index contributed by atoms with van der Waals surface area (Å²) in [4.78, 5) is 32.9. The van der Waals surface area contributed by atoms with Crippen LogP contribution in [0.2, 0.25) is 0 Å². The number of aromatic nitrogens is 2. The molecule has 0 spiro atoms. The maximum Gasteiger partial charge on any atom is 0.322 e. The van der Waals surface area contributed by atoms with E-state index in [1.807, 2.05) is 0 Å². The molecule has 0 radical (unpaired) electrons. The molecule has 3 heterocycles. The first-order chi connectivity index (χ1) is 15.7. The van der Waals surface area contributed by atoms with Gasteiger partial charge in [0.05, 0.1) is 29.8 Å². The van der Waals surface area contributed by atoms with E-state index in [-0.39, 0.29) is 30.1 Å². The van der Waals surface area contributed by atoms with Gasteiger partial charge in [0.15, 0.2) is 0 Å². The topological polar surface area (TPSA) is 91.7 Å². The Morgan fingerprint density at radius 2 is 2.18 bits per heavy atom. The minimum atomic E-state index is -2.49. The number of urea groups is 1.